The first kappa shape index (κ1) is 21.0. The number of hydrogen-bond acceptors (Lipinski definition) is 4. The average molecular weight is 426 g/mol. The van der Waals surface area contributed by atoms with Crippen molar-refractivity contribution in [3.05, 3.63) is 71.7 Å². The SMILES string of the molecule is COc1ccc(-c2cn3c(n2)CN(C(=O)C[C@H](N)Cc2ccc(F)c(F)c2)CC3)cc1. The Kier molecular flexibility index (Phi) is 5.99. The predicted molar refractivity (Wildman–Crippen MR) is 112 cm³/mol. The van der Waals surface area contributed by atoms with Crippen LogP contribution in [0.4, 0.5) is 8.78 Å². The minimum Gasteiger partial charge on any atom is -0.497 e. The summed E-state index contributed by atoms with van der Waals surface area (Å²) in [6.45, 7) is 1.64. The third-order valence-corrected chi connectivity index (χ3v) is 5.46. The largest absolute Gasteiger partial charge is 0.497 e. The Morgan fingerprint density at radius 1 is 1.16 bits per heavy atom. The topological polar surface area (TPSA) is 73.4 Å². The molecule has 0 radical (unpaired) electrons. The van der Waals surface area contributed by atoms with Crippen LogP contribution in [0.25, 0.3) is 11.3 Å². The highest BCUT2D eigenvalue weighted by Crippen LogP contribution is 2.24. The van der Waals surface area contributed by atoms with Gasteiger partial charge in [0.1, 0.15) is 11.6 Å². The van der Waals surface area contributed by atoms with Crippen LogP contribution in [0.2, 0.25) is 0 Å². The molecule has 3 aromatic rings. The monoisotopic (exact) mass is 426 g/mol. The number of rotatable bonds is 6. The number of aromatic nitrogens is 2. The van der Waals surface area contributed by atoms with Crippen molar-refractivity contribution in [1.29, 1.82) is 0 Å². The van der Waals surface area contributed by atoms with E-state index in [4.69, 9.17) is 15.5 Å². The van der Waals surface area contributed by atoms with E-state index in [0.717, 1.165) is 35.0 Å². The smallest absolute Gasteiger partial charge is 0.224 e. The number of nitrogens with two attached hydrogens (primary N) is 1. The number of carbonyl (C=O) groups excluding carboxylic acids is 1. The molecule has 1 aliphatic heterocycles. The predicted octanol–water partition coefficient (Wildman–Crippen LogP) is 3.14. The van der Waals surface area contributed by atoms with Gasteiger partial charge in [0.25, 0.3) is 0 Å². The van der Waals surface area contributed by atoms with Gasteiger partial charge < -0.3 is 19.9 Å². The van der Waals surface area contributed by atoms with Crippen LogP contribution in [0.1, 0.15) is 17.8 Å². The first-order valence-electron chi connectivity index (χ1n) is 10.1. The van der Waals surface area contributed by atoms with Crippen molar-refractivity contribution in [1.82, 2.24) is 14.5 Å². The number of benzene rings is 2. The van der Waals surface area contributed by atoms with Crippen LogP contribution in [-0.2, 0) is 24.3 Å². The standard InChI is InChI=1S/C23H24F2N4O2/c1-31-18-5-3-16(4-6-18)21-13-28-8-9-29(14-22(28)27-21)23(30)12-17(26)10-15-2-7-19(24)20(25)11-15/h2-7,11,13,17H,8-10,12,14,26H2,1H3/t17-/m1/s1. The van der Waals surface area contributed by atoms with Gasteiger partial charge in [-0.15, -0.1) is 0 Å². The van der Waals surface area contributed by atoms with Crippen LogP contribution in [0.5, 0.6) is 5.75 Å². The molecule has 0 fully saturated rings. The molecule has 8 heteroatoms. The number of amides is 1. The molecule has 0 unspecified atom stereocenters. The molecule has 0 saturated carbocycles. The maximum Gasteiger partial charge on any atom is 0.224 e. The van der Waals surface area contributed by atoms with Gasteiger partial charge in [-0.3, -0.25) is 4.79 Å². The van der Waals surface area contributed by atoms with Crippen LogP contribution in [0, 0.1) is 11.6 Å². The Morgan fingerprint density at radius 3 is 2.65 bits per heavy atom. The summed E-state index contributed by atoms with van der Waals surface area (Å²) < 4.78 is 33.7. The molecule has 31 heavy (non-hydrogen) atoms. The van der Waals surface area contributed by atoms with E-state index in [1.807, 2.05) is 30.5 Å². The lowest BCUT2D eigenvalue weighted by Gasteiger charge is -2.28. The number of nitrogens with zero attached hydrogens (tertiary/aromatic N) is 3. The fourth-order valence-corrected chi connectivity index (χ4v) is 3.76. The maximum absolute atomic E-state index is 13.4. The molecule has 2 N–H and O–H groups in total. The second kappa shape index (κ2) is 8.85. The minimum absolute atomic E-state index is 0.0738. The molecule has 1 aromatic heterocycles. The summed E-state index contributed by atoms with van der Waals surface area (Å²) in [6, 6.07) is 10.9. The number of methoxy groups -OCH3 is 1. The lowest BCUT2D eigenvalue weighted by molar-refractivity contribution is -0.133. The van der Waals surface area contributed by atoms with E-state index in [1.54, 1.807) is 12.0 Å². The van der Waals surface area contributed by atoms with E-state index in [0.29, 0.717) is 31.6 Å². The number of ether oxygens (including phenoxy) is 1. The van der Waals surface area contributed by atoms with Gasteiger partial charge in [-0.1, -0.05) is 6.07 Å². The highest BCUT2D eigenvalue weighted by Gasteiger charge is 2.24. The number of halogens is 2. The molecule has 6 nitrogen and oxygen atoms in total. The van der Waals surface area contributed by atoms with Gasteiger partial charge in [-0.05, 0) is 48.4 Å². The van der Waals surface area contributed by atoms with Crippen LogP contribution in [0.3, 0.4) is 0 Å². The zero-order valence-electron chi connectivity index (χ0n) is 17.2. The summed E-state index contributed by atoms with van der Waals surface area (Å²) in [7, 11) is 1.62. The van der Waals surface area contributed by atoms with Gasteiger partial charge in [-0.2, -0.15) is 0 Å². The summed E-state index contributed by atoms with van der Waals surface area (Å²) in [5.41, 5.74) is 8.50. The lowest BCUT2D eigenvalue weighted by atomic mass is 10.0. The van der Waals surface area contributed by atoms with Crippen LogP contribution >= 0.6 is 0 Å². The molecule has 1 amide bonds. The molecular formula is C23H24F2N4O2. The molecule has 4 rings (SSSR count). The van der Waals surface area contributed by atoms with Gasteiger partial charge in [0.05, 0.1) is 19.3 Å². The van der Waals surface area contributed by atoms with Gasteiger partial charge in [0, 0.05) is 37.3 Å². The van der Waals surface area contributed by atoms with Crippen LogP contribution in [-0.4, -0.2) is 40.1 Å². The van der Waals surface area contributed by atoms with Crippen molar-refractivity contribution < 1.29 is 18.3 Å². The Labute approximate surface area is 179 Å². The second-order valence-corrected chi connectivity index (χ2v) is 7.70. The van der Waals surface area contributed by atoms with Crippen molar-refractivity contribution in [2.75, 3.05) is 13.7 Å². The molecule has 0 saturated heterocycles. The van der Waals surface area contributed by atoms with E-state index in [1.165, 1.54) is 6.07 Å². The molecule has 0 aliphatic carbocycles. The van der Waals surface area contributed by atoms with Gasteiger partial charge in [0.2, 0.25) is 5.91 Å². The summed E-state index contributed by atoms with van der Waals surface area (Å²) in [4.78, 5) is 19.2. The Bertz CT molecular complexity index is 1080. The molecule has 162 valence electrons. The Hall–Kier alpha value is -3.26. The first-order valence-corrected chi connectivity index (χ1v) is 10.1. The Morgan fingerprint density at radius 2 is 1.94 bits per heavy atom. The molecule has 1 aliphatic rings. The van der Waals surface area contributed by atoms with E-state index < -0.39 is 17.7 Å². The lowest BCUT2D eigenvalue weighted by Crippen LogP contribution is -2.41. The number of fused-ring (bicyclic) bond motifs is 1. The third kappa shape index (κ3) is 4.74. The quantitative estimate of drug-likeness (QED) is 0.657. The minimum atomic E-state index is -0.911. The molecule has 0 bridgehead atoms. The normalized spacial score (nSPS) is 14.3. The summed E-state index contributed by atoms with van der Waals surface area (Å²) in [5.74, 6) is -0.281. The average Bonchev–Trinajstić information content (AvgIpc) is 3.19. The van der Waals surface area contributed by atoms with Crippen molar-refractivity contribution in [2.45, 2.75) is 32.0 Å². The third-order valence-electron chi connectivity index (χ3n) is 5.46. The fourth-order valence-electron chi connectivity index (χ4n) is 3.76. The zero-order valence-corrected chi connectivity index (χ0v) is 17.2. The molecule has 2 heterocycles. The van der Waals surface area contributed by atoms with E-state index in [2.05, 4.69) is 4.57 Å². The van der Waals surface area contributed by atoms with E-state index >= 15 is 0 Å². The van der Waals surface area contributed by atoms with Crippen LogP contribution < -0.4 is 10.5 Å². The molecular weight excluding hydrogens is 402 g/mol. The zero-order chi connectivity index (χ0) is 22.0. The second-order valence-electron chi connectivity index (χ2n) is 7.70. The van der Waals surface area contributed by atoms with Gasteiger partial charge in [-0.25, -0.2) is 13.8 Å². The van der Waals surface area contributed by atoms with Crippen molar-refractivity contribution in [2.24, 2.45) is 5.73 Å². The van der Waals surface area contributed by atoms with Gasteiger partial charge >= 0.3 is 0 Å². The van der Waals surface area contributed by atoms with Crippen molar-refractivity contribution >= 4 is 5.91 Å². The van der Waals surface area contributed by atoms with Crippen molar-refractivity contribution in [3.8, 4) is 17.0 Å². The summed E-state index contributed by atoms with van der Waals surface area (Å²) in [6.07, 6.45) is 2.42. The Balaban J connectivity index is 1.38. The van der Waals surface area contributed by atoms with E-state index in [9.17, 15) is 13.6 Å². The maximum atomic E-state index is 13.4. The van der Waals surface area contributed by atoms with Gasteiger partial charge in [0.15, 0.2) is 11.6 Å². The number of imidazole rings is 1. The first-order chi connectivity index (χ1) is 14.9. The molecule has 2 aromatic carbocycles. The van der Waals surface area contributed by atoms with E-state index in [-0.39, 0.29) is 12.3 Å². The summed E-state index contributed by atoms with van der Waals surface area (Å²) in [5, 5.41) is 0. The highest BCUT2D eigenvalue weighted by atomic mass is 19.2. The highest BCUT2D eigenvalue weighted by molar-refractivity contribution is 5.77. The molecule has 0 spiro atoms. The fraction of sp³-hybridized carbons (Fsp3) is 0.304. The number of carbonyl (C=O) groups is 1. The molecule has 1 atom stereocenters. The van der Waals surface area contributed by atoms with Crippen molar-refractivity contribution in [3.63, 3.8) is 0 Å². The summed E-state index contributed by atoms with van der Waals surface area (Å²) >= 11 is 0. The number of hydrogen-bond donors (Lipinski definition) is 1. The van der Waals surface area contributed by atoms with Crippen LogP contribution in [0.15, 0.2) is 48.7 Å².